The maximum atomic E-state index is 11.1. The van der Waals surface area contributed by atoms with Crippen molar-refractivity contribution < 1.29 is 19.4 Å². The van der Waals surface area contributed by atoms with Gasteiger partial charge in [0, 0.05) is 44.9 Å². The van der Waals surface area contributed by atoms with Crippen molar-refractivity contribution in [2.75, 3.05) is 20.3 Å². The Hall–Kier alpha value is -1.53. The zero-order valence-corrected chi connectivity index (χ0v) is 10.5. The highest BCUT2D eigenvalue weighted by Gasteiger charge is 2.38. The van der Waals surface area contributed by atoms with Crippen molar-refractivity contribution in [3.05, 3.63) is 23.3 Å². The van der Waals surface area contributed by atoms with Crippen LogP contribution in [0, 0.1) is 6.92 Å². The summed E-state index contributed by atoms with van der Waals surface area (Å²) in [5, 5.41) is 9.09. The summed E-state index contributed by atoms with van der Waals surface area (Å²) in [6.07, 6.45) is 2.79. The van der Waals surface area contributed by atoms with E-state index in [9.17, 15) is 4.79 Å². The van der Waals surface area contributed by atoms with E-state index in [4.69, 9.17) is 14.6 Å². The predicted octanol–water partition coefficient (Wildman–Crippen LogP) is 1.14. The van der Waals surface area contributed by atoms with Gasteiger partial charge in [0.1, 0.15) is 5.60 Å². The lowest BCUT2D eigenvalue weighted by atomic mass is 9.93. The Bertz CT molecular complexity index is 455. The maximum absolute atomic E-state index is 11.1. The fourth-order valence-corrected chi connectivity index (χ4v) is 2.10. The maximum Gasteiger partial charge on any atom is 0.354 e. The molecule has 18 heavy (non-hydrogen) atoms. The highest BCUT2D eigenvalue weighted by atomic mass is 16.5. The fourth-order valence-electron chi connectivity index (χ4n) is 2.10. The number of aromatic carboxylic acids is 1. The van der Waals surface area contributed by atoms with Gasteiger partial charge >= 0.3 is 5.97 Å². The van der Waals surface area contributed by atoms with Crippen LogP contribution in [0.1, 0.15) is 34.7 Å². The molecule has 98 valence electrons. The number of aryl methyl sites for hydroxylation is 1. The standard InChI is InChI=1S/C12H16N2O4/c1-8-7-13-11(14-9(8)10(15)16)12(17-2)3-5-18-6-4-12/h7H,3-6H2,1-2H3,(H,15,16). The van der Waals surface area contributed by atoms with E-state index >= 15 is 0 Å². The van der Waals surface area contributed by atoms with E-state index in [0.29, 0.717) is 37.4 Å². The second-order valence-electron chi connectivity index (χ2n) is 4.34. The number of carbonyl (C=O) groups is 1. The molecule has 1 aromatic rings. The van der Waals surface area contributed by atoms with Crippen LogP contribution in [0.3, 0.4) is 0 Å². The number of nitrogens with zero attached hydrogens (tertiary/aromatic N) is 2. The average Bonchev–Trinajstić information content (AvgIpc) is 2.39. The summed E-state index contributed by atoms with van der Waals surface area (Å²) >= 11 is 0. The molecule has 0 atom stereocenters. The van der Waals surface area contributed by atoms with Crippen molar-refractivity contribution in [1.29, 1.82) is 0 Å². The van der Waals surface area contributed by atoms with Gasteiger partial charge in [-0.25, -0.2) is 14.8 Å². The summed E-state index contributed by atoms with van der Waals surface area (Å²) in [5.41, 5.74) is -0.0524. The molecule has 1 aliphatic heterocycles. The summed E-state index contributed by atoms with van der Waals surface area (Å²) in [7, 11) is 1.59. The van der Waals surface area contributed by atoms with Crippen molar-refractivity contribution >= 4 is 5.97 Å². The van der Waals surface area contributed by atoms with E-state index in [1.807, 2.05) is 0 Å². The highest BCUT2D eigenvalue weighted by Crippen LogP contribution is 2.33. The van der Waals surface area contributed by atoms with E-state index in [2.05, 4.69) is 9.97 Å². The minimum Gasteiger partial charge on any atom is -0.477 e. The Morgan fingerprint density at radius 3 is 2.72 bits per heavy atom. The molecule has 1 aromatic heterocycles. The van der Waals surface area contributed by atoms with Gasteiger partial charge < -0.3 is 14.6 Å². The summed E-state index contributed by atoms with van der Waals surface area (Å²) in [6, 6.07) is 0. The molecule has 0 aliphatic carbocycles. The third-order valence-electron chi connectivity index (χ3n) is 3.27. The van der Waals surface area contributed by atoms with Crippen molar-refractivity contribution in [2.45, 2.75) is 25.4 Å². The van der Waals surface area contributed by atoms with Crippen LogP contribution in [0.15, 0.2) is 6.20 Å². The normalized spacial score (nSPS) is 18.6. The second-order valence-corrected chi connectivity index (χ2v) is 4.34. The minimum absolute atomic E-state index is 0.0305. The average molecular weight is 252 g/mol. The van der Waals surface area contributed by atoms with E-state index in [-0.39, 0.29) is 5.69 Å². The van der Waals surface area contributed by atoms with Crippen LogP contribution >= 0.6 is 0 Å². The molecule has 1 saturated heterocycles. The molecule has 1 N–H and O–H groups in total. The smallest absolute Gasteiger partial charge is 0.354 e. The topological polar surface area (TPSA) is 81.5 Å². The SMILES string of the molecule is COC1(c2ncc(C)c(C(=O)O)n2)CCOCC1. The van der Waals surface area contributed by atoms with Crippen LogP contribution in [0.5, 0.6) is 0 Å². The third kappa shape index (κ3) is 2.21. The molecule has 0 aromatic carbocycles. The van der Waals surface area contributed by atoms with Gasteiger partial charge in [-0.1, -0.05) is 0 Å². The lowest BCUT2D eigenvalue weighted by Gasteiger charge is -2.34. The molecule has 0 radical (unpaired) electrons. The number of carboxylic acids is 1. The van der Waals surface area contributed by atoms with Gasteiger partial charge in [0.15, 0.2) is 11.5 Å². The number of carboxylic acid groups (broad SMARTS) is 1. The zero-order chi connectivity index (χ0) is 13.2. The summed E-state index contributed by atoms with van der Waals surface area (Å²) in [6.45, 7) is 2.80. The summed E-state index contributed by atoms with van der Waals surface area (Å²) < 4.78 is 10.8. The molecular weight excluding hydrogens is 236 g/mol. The number of methoxy groups -OCH3 is 1. The quantitative estimate of drug-likeness (QED) is 0.868. The largest absolute Gasteiger partial charge is 0.477 e. The summed E-state index contributed by atoms with van der Waals surface area (Å²) in [4.78, 5) is 19.5. The number of ether oxygens (including phenoxy) is 2. The first-order valence-electron chi connectivity index (χ1n) is 5.79. The molecule has 1 aliphatic rings. The highest BCUT2D eigenvalue weighted by molar-refractivity contribution is 5.86. The molecular formula is C12H16N2O4. The Balaban J connectivity index is 2.42. The molecule has 6 heteroatoms. The van der Waals surface area contributed by atoms with Crippen LogP contribution in [-0.2, 0) is 15.1 Å². The van der Waals surface area contributed by atoms with Crippen LogP contribution < -0.4 is 0 Å². The lowest BCUT2D eigenvalue weighted by molar-refractivity contribution is -0.100. The minimum atomic E-state index is -1.05. The monoisotopic (exact) mass is 252 g/mol. The second kappa shape index (κ2) is 4.99. The van der Waals surface area contributed by atoms with Crippen LogP contribution in [0.2, 0.25) is 0 Å². The molecule has 0 unspecified atom stereocenters. The Morgan fingerprint density at radius 2 is 2.17 bits per heavy atom. The first-order chi connectivity index (χ1) is 8.59. The van der Waals surface area contributed by atoms with E-state index in [0.717, 1.165) is 0 Å². The zero-order valence-electron chi connectivity index (χ0n) is 10.5. The third-order valence-corrected chi connectivity index (χ3v) is 3.27. The summed E-state index contributed by atoms with van der Waals surface area (Å²) in [5.74, 6) is -0.620. The van der Waals surface area contributed by atoms with E-state index in [1.165, 1.54) is 6.20 Å². The number of aromatic nitrogens is 2. The van der Waals surface area contributed by atoms with Crippen LogP contribution in [-0.4, -0.2) is 41.4 Å². The van der Waals surface area contributed by atoms with Crippen molar-refractivity contribution in [1.82, 2.24) is 9.97 Å². The van der Waals surface area contributed by atoms with Gasteiger partial charge in [0.25, 0.3) is 0 Å². The molecule has 0 amide bonds. The molecule has 6 nitrogen and oxygen atoms in total. The molecule has 2 heterocycles. The van der Waals surface area contributed by atoms with Gasteiger partial charge in [-0.15, -0.1) is 0 Å². The molecule has 0 bridgehead atoms. The number of rotatable bonds is 3. The van der Waals surface area contributed by atoms with Gasteiger partial charge in [-0.2, -0.15) is 0 Å². The van der Waals surface area contributed by atoms with Crippen LogP contribution in [0.4, 0.5) is 0 Å². The Kier molecular flexibility index (Phi) is 3.58. The van der Waals surface area contributed by atoms with Gasteiger partial charge in [0.05, 0.1) is 0 Å². The number of hydrogen-bond donors (Lipinski definition) is 1. The predicted molar refractivity (Wildman–Crippen MR) is 62.5 cm³/mol. The van der Waals surface area contributed by atoms with Crippen molar-refractivity contribution in [3.63, 3.8) is 0 Å². The van der Waals surface area contributed by atoms with Crippen molar-refractivity contribution in [2.24, 2.45) is 0 Å². The van der Waals surface area contributed by atoms with Gasteiger partial charge in [-0.05, 0) is 6.92 Å². The molecule has 2 rings (SSSR count). The van der Waals surface area contributed by atoms with Gasteiger partial charge in [0.2, 0.25) is 0 Å². The first-order valence-corrected chi connectivity index (χ1v) is 5.79. The molecule has 1 fully saturated rings. The fraction of sp³-hybridized carbons (Fsp3) is 0.583. The number of hydrogen-bond acceptors (Lipinski definition) is 5. The van der Waals surface area contributed by atoms with E-state index < -0.39 is 11.6 Å². The molecule has 0 saturated carbocycles. The lowest BCUT2D eigenvalue weighted by Crippen LogP contribution is -2.37. The van der Waals surface area contributed by atoms with E-state index in [1.54, 1.807) is 14.0 Å². The first kappa shape index (κ1) is 12.9. The van der Waals surface area contributed by atoms with Crippen LogP contribution in [0.25, 0.3) is 0 Å². The van der Waals surface area contributed by atoms with Gasteiger partial charge in [-0.3, -0.25) is 0 Å². The molecule has 0 spiro atoms. The Morgan fingerprint density at radius 1 is 1.50 bits per heavy atom. The Labute approximate surface area is 105 Å². The van der Waals surface area contributed by atoms with Crippen molar-refractivity contribution in [3.8, 4) is 0 Å².